The molecule has 2 aliphatic heterocycles. The van der Waals surface area contributed by atoms with E-state index in [9.17, 15) is 14.7 Å². The van der Waals surface area contributed by atoms with Crippen LogP contribution in [0.15, 0.2) is 0 Å². The largest absolute Gasteiger partial charge is 0.480 e. The molecule has 21 heavy (non-hydrogen) atoms. The molecule has 2 amide bonds. The Morgan fingerprint density at radius 2 is 1.67 bits per heavy atom. The van der Waals surface area contributed by atoms with E-state index in [2.05, 4.69) is 25.7 Å². The number of amides is 2. The number of carboxylic acid groups (broad SMARTS) is 1. The minimum absolute atomic E-state index is 0.0720. The van der Waals surface area contributed by atoms with Crippen molar-refractivity contribution in [2.24, 2.45) is 0 Å². The van der Waals surface area contributed by atoms with Crippen LogP contribution in [0, 0.1) is 0 Å². The number of aliphatic carboxylic acids is 1. The average Bonchev–Trinajstić information content (AvgIpc) is 2.79. The van der Waals surface area contributed by atoms with E-state index in [0.717, 1.165) is 13.1 Å². The van der Waals surface area contributed by atoms with Crippen molar-refractivity contribution in [2.75, 3.05) is 32.7 Å². The highest BCUT2D eigenvalue weighted by Gasteiger charge is 2.41. The topological polar surface area (TPSA) is 84.3 Å². The summed E-state index contributed by atoms with van der Waals surface area (Å²) < 4.78 is 0. The van der Waals surface area contributed by atoms with Crippen molar-refractivity contribution < 1.29 is 19.8 Å². The van der Waals surface area contributed by atoms with Gasteiger partial charge in [-0.1, -0.05) is 0 Å². The number of carbonyl (C=O) groups excluding carboxylic acids is 1. The van der Waals surface area contributed by atoms with Crippen molar-refractivity contribution in [3.8, 4) is 0 Å². The van der Waals surface area contributed by atoms with Crippen LogP contribution in [0.1, 0.15) is 27.2 Å². The molecule has 0 radical (unpaired) electrons. The first-order chi connectivity index (χ1) is 9.70. The van der Waals surface area contributed by atoms with Crippen LogP contribution in [-0.4, -0.2) is 87.3 Å². The summed E-state index contributed by atoms with van der Waals surface area (Å²) in [5.74, 6) is -1.05. The fourth-order valence-electron chi connectivity index (χ4n) is 3.01. The second kappa shape index (κ2) is 5.81. The van der Waals surface area contributed by atoms with Gasteiger partial charge in [0.15, 0.2) is 0 Å². The third-order valence-electron chi connectivity index (χ3n) is 4.31. The second-order valence-corrected chi connectivity index (χ2v) is 6.82. The van der Waals surface area contributed by atoms with Gasteiger partial charge in [-0.05, 0) is 20.8 Å². The number of hydrogen-bond donors (Lipinski definition) is 2. The number of aliphatic hydroxyl groups excluding tert-OH is 1. The number of likely N-dealkylation sites (tertiary alicyclic amines) is 1. The quantitative estimate of drug-likeness (QED) is 0.714. The van der Waals surface area contributed by atoms with Gasteiger partial charge in [0.2, 0.25) is 0 Å². The maximum Gasteiger partial charge on any atom is 0.326 e. The van der Waals surface area contributed by atoms with Crippen LogP contribution < -0.4 is 0 Å². The lowest BCUT2D eigenvalue weighted by atomic mass is 10.1. The molecule has 0 aromatic heterocycles. The summed E-state index contributed by atoms with van der Waals surface area (Å²) in [5.41, 5.74) is 0.0720. The maximum atomic E-state index is 12.5. The van der Waals surface area contributed by atoms with Crippen molar-refractivity contribution in [3.05, 3.63) is 0 Å². The average molecular weight is 299 g/mol. The molecule has 0 aromatic carbocycles. The first-order valence-electron chi connectivity index (χ1n) is 7.41. The molecule has 2 rings (SSSR count). The predicted octanol–water partition coefficient (Wildman–Crippen LogP) is 0.0423. The smallest absolute Gasteiger partial charge is 0.326 e. The van der Waals surface area contributed by atoms with Crippen molar-refractivity contribution in [2.45, 2.75) is 44.9 Å². The summed E-state index contributed by atoms with van der Waals surface area (Å²) in [7, 11) is 0. The number of hydrogen-bond acceptors (Lipinski definition) is 4. The summed E-state index contributed by atoms with van der Waals surface area (Å²) in [6.45, 7) is 9.28. The Balaban J connectivity index is 1.97. The van der Waals surface area contributed by atoms with Crippen LogP contribution in [0.5, 0.6) is 0 Å². The van der Waals surface area contributed by atoms with Crippen molar-refractivity contribution in [1.82, 2.24) is 14.7 Å². The van der Waals surface area contributed by atoms with Gasteiger partial charge >= 0.3 is 12.0 Å². The van der Waals surface area contributed by atoms with Crippen LogP contribution in [0.2, 0.25) is 0 Å². The van der Waals surface area contributed by atoms with Crippen LogP contribution in [0.25, 0.3) is 0 Å². The van der Waals surface area contributed by atoms with Gasteiger partial charge < -0.3 is 20.0 Å². The Hall–Kier alpha value is -1.34. The predicted molar refractivity (Wildman–Crippen MR) is 77.0 cm³/mol. The fourth-order valence-corrected chi connectivity index (χ4v) is 3.01. The summed E-state index contributed by atoms with van der Waals surface area (Å²) >= 11 is 0. The van der Waals surface area contributed by atoms with Gasteiger partial charge in [0.1, 0.15) is 6.04 Å². The first kappa shape index (κ1) is 16.0. The highest BCUT2D eigenvalue weighted by atomic mass is 16.4. The molecule has 0 bridgehead atoms. The molecular weight excluding hydrogens is 274 g/mol. The van der Waals surface area contributed by atoms with E-state index in [0.29, 0.717) is 13.1 Å². The van der Waals surface area contributed by atoms with E-state index in [1.165, 1.54) is 4.90 Å². The summed E-state index contributed by atoms with van der Waals surface area (Å²) in [6, 6.07) is -1.18. The number of aliphatic hydroxyl groups is 1. The second-order valence-electron chi connectivity index (χ2n) is 6.82. The third kappa shape index (κ3) is 3.47. The highest BCUT2D eigenvalue weighted by molar-refractivity contribution is 5.83. The van der Waals surface area contributed by atoms with E-state index in [4.69, 9.17) is 5.11 Å². The molecule has 0 aromatic rings. The van der Waals surface area contributed by atoms with Crippen LogP contribution in [0.4, 0.5) is 4.79 Å². The molecule has 0 saturated carbocycles. The van der Waals surface area contributed by atoms with E-state index in [1.807, 2.05) is 0 Å². The standard InChI is InChI=1S/C14H25N3O4/c1-14(2,3)16-6-4-15(5-7-16)13(21)17-9-10(18)8-11(17)12(19)20/h10-11,18H,4-9H2,1-3H3,(H,19,20)/t10-,11-/m1/s1. The monoisotopic (exact) mass is 299 g/mol. The molecule has 2 fully saturated rings. The molecule has 2 N–H and O–H groups in total. The summed E-state index contributed by atoms with van der Waals surface area (Å²) in [4.78, 5) is 29.0. The van der Waals surface area contributed by atoms with Gasteiger partial charge in [0, 0.05) is 44.7 Å². The Morgan fingerprint density at radius 1 is 1.10 bits per heavy atom. The molecular formula is C14H25N3O4. The minimum Gasteiger partial charge on any atom is -0.480 e. The molecule has 2 heterocycles. The fraction of sp³-hybridized carbons (Fsp3) is 0.857. The third-order valence-corrected chi connectivity index (χ3v) is 4.31. The molecule has 0 aliphatic carbocycles. The van der Waals surface area contributed by atoms with Crippen LogP contribution in [-0.2, 0) is 4.79 Å². The Labute approximate surface area is 125 Å². The van der Waals surface area contributed by atoms with Gasteiger partial charge in [-0.2, -0.15) is 0 Å². The van der Waals surface area contributed by atoms with Crippen molar-refractivity contribution in [3.63, 3.8) is 0 Å². The molecule has 7 nitrogen and oxygen atoms in total. The maximum absolute atomic E-state index is 12.5. The number of piperazine rings is 1. The molecule has 120 valence electrons. The van der Waals surface area contributed by atoms with E-state index >= 15 is 0 Å². The number of carbonyl (C=O) groups is 2. The lowest BCUT2D eigenvalue weighted by molar-refractivity contribution is -0.141. The zero-order valence-electron chi connectivity index (χ0n) is 12.9. The number of rotatable bonds is 1. The van der Waals surface area contributed by atoms with Gasteiger partial charge in [0.05, 0.1) is 6.10 Å². The van der Waals surface area contributed by atoms with E-state index in [1.54, 1.807) is 4.90 Å². The van der Waals surface area contributed by atoms with Crippen molar-refractivity contribution >= 4 is 12.0 Å². The Morgan fingerprint density at radius 3 is 2.14 bits per heavy atom. The molecule has 0 spiro atoms. The van der Waals surface area contributed by atoms with Crippen LogP contribution >= 0.6 is 0 Å². The molecule has 0 unspecified atom stereocenters. The zero-order valence-corrected chi connectivity index (χ0v) is 12.9. The normalized spacial score (nSPS) is 28.0. The summed E-state index contributed by atoms with van der Waals surface area (Å²) in [5, 5.41) is 18.8. The van der Waals surface area contributed by atoms with Crippen molar-refractivity contribution in [1.29, 1.82) is 0 Å². The van der Waals surface area contributed by atoms with Gasteiger partial charge in [0.25, 0.3) is 0 Å². The minimum atomic E-state index is -1.05. The van der Waals surface area contributed by atoms with E-state index < -0.39 is 18.1 Å². The summed E-state index contributed by atoms with van der Waals surface area (Å²) in [6.07, 6.45) is -0.630. The van der Waals surface area contributed by atoms with Gasteiger partial charge in [-0.25, -0.2) is 9.59 Å². The SMILES string of the molecule is CC(C)(C)N1CCN(C(=O)N2C[C@H](O)C[C@@H]2C(=O)O)CC1. The van der Waals surface area contributed by atoms with E-state index in [-0.39, 0.29) is 24.5 Å². The van der Waals surface area contributed by atoms with Gasteiger partial charge in [-0.15, -0.1) is 0 Å². The molecule has 2 saturated heterocycles. The number of carboxylic acids is 1. The molecule has 2 atom stereocenters. The Kier molecular flexibility index (Phi) is 4.43. The first-order valence-corrected chi connectivity index (χ1v) is 7.41. The lowest BCUT2D eigenvalue weighted by Crippen LogP contribution is -2.58. The number of urea groups is 1. The highest BCUT2D eigenvalue weighted by Crippen LogP contribution is 2.22. The Bertz CT molecular complexity index is 413. The number of β-amino-alcohol motifs (C(OH)–C–C–N with tert-alkyl or cyclic N) is 1. The number of nitrogens with zero attached hydrogens (tertiary/aromatic N) is 3. The lowest BCUT2D eigenvalue weighted by Gasteiger charge is -2.43. The zero-order chi connectivity index (χ0) is 15.8. The molecule has 7 heteroatoms. The van der Waals surface area contributed by atoms with Gasteiger partial charge in [-0.3, -0.25) is 4.90 Å². The molecule has 2 aliphatic rings. The van der Waals surface area contributed by atoms with Crippen LogP contribution in [0.3, 0.4) is 0 Å².